The lowest BCUT2D eigenvalue weighted by Gasteiger charge is -2.06. The molecular formula is C17H17N3O4S. The van der Waals surface area contributed by atoms with Crippen LogP contribution in [0.25, 0.3) is 0 Å². The number of amidine groups is 1. The number of ether oxygens (including phenoxy) is 2. The molecule has 1 amide bonds. The van der Waals surface area contributed by atoms with Crippen molar-refractivity contribution in [1.82, 2.24) is 5.32 Å². The number of thioether (sulfide) groups is 1. The molecule has 1 saturated heterocycles. The number of nitrogens with zero attached hydrogens (tertiary/aromatic N) is 2. The van der Waals surface area contributed by atoms with E-state index in [0.717, 1.165) is 34.7 Å². The van der Waals surface area contributed by atoms with Crippen molar-refractivity contribution in [3.63, 3.8) is 0 Å². The zero-order valence-electron chi connectivity index (χ0n) is 13.8. The second-order valence-electron chi connectivity index (χ2n) is 4.80. The van der Waals surface area contributed by atoms with Crippen molar-refractivity contribution in [3.8, 4) is 5.75 Å². The summed E-state index contributed by atoms with van der Waals surface area (Å²) in [5.41, 5.74) is 1.82. The molecule has 0 saturated carbocycles. The van der Waals surface area contributed by atoms with Crippen LogP contribution in [0, 0.1) is 0 Å². The highest BCUT2D eigenvalue weighted by atomic mass is 32.2. The molecule has 0 radical (unpaired) electrons. The van der Waals surface area contributed by atoms with Crippen molar-refractivity contribution in [1.29, 1.82) is 0 Å². The van der Waals surface area contributed by atoms with Gasteiger partial charge in [0, 0.05) is 6.08 Å². The average molecular weight is 359 g/mol. The molecule has 1 fully saturated rings. The van der Waals surface area contributed by atoms with Gasteiger partial charge in [0.05, 0.1) is 25.3 Å². The molecule has 25 heavy (non-hydrogen) atoms. The van der Waals surface area contributed by atoms with Crippen LogP contribution in [0.2, 0.25) is 0 Å². The highest BCUT2D eigenvalue weighted by molar-refractivity contribution is 8.18. The van der Waals surface area contributed by atoms with Crippen LogP contribution in [0.3, 0.4) is 0 Å². The second kappa shape index (κ2) is 8.84. The molecule has 0 unspecified atom stereocenters. The third-order valence-corrected chi connectivity index (χ3v) is 4.03. The van der Waals surface area contributed by atoms with E-state index in [2.05, 4.69) is 26.8 Å². The first-order valence-corrected chi connectivity index (χ1v) is 8.06. The van der Waals surface area contributed by atoms with E-state index in [1.54, 1.807) is 19.4 Å². The minimum absolute atomic E-state index is 0.207. The molecule has 7 nitrogen and oxygen atoms in total. The third-order valence-electron chi connectivity index (χ3n) is 3.13. The summed E-state index contributed by atoms with van der Waals surface area (Å²) >= 11 is 1.02. The summed E-state index contributed by atoms with van der Waals surface area (Å²) in [6.07, 6.45) is 5.14. The van der Waals surface area contributed by atoms with Crippen molar-refractivity contribution in [2.24, 2.45) is 10.2 Å². The van der Waals surface area contributed by atoms with Gasteiger partial charge >= 0.3 is 5.97 Å². The molecule has 0 spiro atoms. The number of benzene rings is 1. The van der Waals surface area contributed by atoms with Crippen LogP contribution in [0.4, 0.5) is 0 Å². The summed E-state index contributed by atoms with van der Waals surface area (Å²) < 4.78 is 9.78. The molecule has 1 aliphatic heterocycles. The van der Waals surface area contributed by atoms with Crippen LogP contribution < -0.4 is 10.1 Å². The second-order valence-corrected chi connectivity index (χ2v) is 5.83. The van der Waals surface area contributed by atoms with Gasteiger partial charge in [0.1, 0.15) is 5.75 Å². The molecule has 0 atom stereocenters. The number of nitrogens with one attached hydrogen (secondary N) is 1. The summed E-state index contributed by atoms with van der Waals surface area (Å²) in [5, 5.41) is 10.7. The van der Waals surface area contributed by atoms with Gasteiger partial charge in [-0.15, -0.1) is 11.7 Å². The van der Waals surface area contributed by atoms with E-state index in [1.165, 1.54) is 7.11 Å². The maximum atomic E-state index is 11.7. The zero-order chi connectivity index (χ0) is 18.2. The molecule has 0 bridgehead atoms. The van der Waals surface area contributed by atoms with Gasteiger partial charge in [-0.2, -0.15) is 5.10 Å². The largest absolute Gasteiger partial charge is 0.496 e. The Kier molecular flexibility index (Phi) is 6.53. The quantitative estimate of drug-likeness (QED) is 0.276. The molecule has 1 aliphatic rings. The van der Waals surface area contributed by atoms with Crippen molar-refractivity contribution in [2.45, 2.75) is 6.42 Å². The smallest absolute Gasteiger partial charge is 0.331 e. The zero-order valence-corrected chi connectivity index (χ0v) is 14.6. The molecule has 0 aliphatic carbocycles. The first kappa shape index (κ1) is 18.5. The van der Waals surface area contributed by atoms with Crippen LogP contribution in [0.15, 0.2) is 52.0 Å². The Morgan fingerprint density at radius 1 is 1.40 bits per heavy atom. The molecule has 130 valence electrons. The Morgan fingerprint density at radius 3 is 2.88 bits per heavy atom. The van der Waals surface area contributed by atoms with Gasteiger partial charge in [-0.25, -0.2) is 4.79 Å². The van der Waals surface area contributed by atoms with E-state index in [0.29, 0.717) is 6.42 Å². The van der Waals surface area contributed by atoms with Crippen LogP contribution in [-0.4, -0.2) is 37.5 Å². The average Bonchev–Trinajstić information content (AvgIpc) is 2.95. The predicted octanol–water partition coefficient (Wildman–Crippen LogP) is 2.03. The Hall–Kier alpha value is -2.87. The first-order chi connectivity index (χ1) is 12.1. The van der Waals surface area contributed by atoms with Crippen LogP contribution >= 0.6 is 11.8 Å². The maximum absolute atomic E-state index is 11.7. The summed E-state index contributed by atoms with van der Waals surface area (Å²) in [5.74, 6) is -0.239. The number of esters is 1. The highest BCUT2D eigenvalue weighted by Gasteiger charge is 2.24. The normalized spacial score (nSPS) is 17.1. The summed E-state index contributed by atoms with van der Waals surface area (Å²) in [4.78, 5) is 23.1. The van der Waals surface area contributed by atoms with Crippen LogP contribution in [0.1, 0.15) is 11.1 Å². The fourth-order valence-electron chi connectivity index (χ4n) is 1.98. The molecule has 0 aromatic heterocycles. The number of methoxy groups -OCH3 is 2. The number of hydrogen-bond donors (Lipinski definition) is 1. The van der Waals surface area contributed by atoms with Gasteiger partial charge in [0.2, 0.25) is 0 Å². The van der Waals surface area contributed by atoms with Gasteiger partial charge in [-0.1, -0.05) is 6.08 Å². The van der Waals surface area contributed by atoms with Crippen molar-refractivity contribution >= 4 is 35.0 Å². The molecule has 8 heteroatoms. The first-order valence-electron chi connectivity index (χ1n) is 7.25. The SMILES string of the molecule is C=CCc1cc(C=N/N=C2/NC(=O)/C(=C\C(=O)OC)S2)ccc1OC. The minimum Gasteiger partial charge on any atom is -0.496 e. The third kappa shape index (κ3) is 5.05. The molecule has 1 N–H and O–H groups in total. The fourth-order valence-corrected chi connectivity index (χ4v) is 2.72. The monoisotopic (exact) mass is 359 g/mol. The Labute approximate surface area is 149 Å². The number of carbonyl (C=O) groups is 2. The van der Waals surface area contributed by atoms with Crippen LogP contribution in [0.5, 0.6) is 5.75 Å². The van der Waals surface area contributed by atoms with E-state index >= 15 is 0 Å². The van der Waals surface area contributed by atoms with Gasteiger partial charge < -0.3 is 9.47 Å². The van der Waals surface area contributed by atoms with Gasteiger partial charge in [0.15, 0.2) is 5.17 Å². The lowest BCUT2D eigenvalue weighted by molar-refractivity contribution is -0.135. The lowest BCUT2D eigenvalue weighted by Crippen LogP contribution is -2.19. The van der Waals surface area contributed by atoms with Crippen molar-refractivity contribution in [3.05, 3.63) is 53.0 Å². The van der Waals surface area contributed by atoms with Crippen LogP contribution in [-0.2, 0) is 20.7 Å². The number of allylic oxidation sites excluding steroid dienone is 1. The molecule has 1 heterocycles. The topological polar surface area (TPSA) is 89.4 Å². The van der Waals surface area contributed by atoms with Gasteiger partial charge in [-0.3, -0.25) is 10.1 Å². The van der Waals surface area contributed by atoms with E-state index in [-0.39, 0.29) is 10.1 Å². The van der Waals surface area contributed by atoms with Crippen molar-refractivity contribution < 1.29 is 19.1 Å². The number of rotatable bonds is 6. The van der Waals surface area contributed by atoms with E-state index in [1.807, 2.05) is 18.2 Å². The summed E-state index contributed by atoms with van der Waals surface area (Å²) in [6, 6.07) is 5.61. The molecule has 1 aromatic carbocycles. The van der Waals surface area contributed by atoms with Gasteiger partial charge in [0.25, 0.3) is 5.91 Å². The van der Waals surface area contributed by atoms with E-state index in [9.17, 15) is 9.59 Å². The number of carbonyl (C=O) groups excluding carboxylic acids is 2. The van der Waals surface area contributed by atoms with Gasteiger partial charge in [-0.05, 0) is 47.5 Å². The van der Waals surface area contributed by atoms with E-state index < -0.39 is 11.9 Å². The maximum Gasteiger partial charge on any atom is 0.331 e. The number of amides is 1. The lowest BCUT2D eigenvalue weighted by atomic mass is 10.1. The minimum atomic E-state index is -0.601. The highest BCUT2D eigenvalue weighted by Crippen LogP contribution is 2.23. The number of hydrogen-bond acceptors (Lipinski definition) is 7. The predicted molar refractivity (Wildman–Crippen MR) is 97.8 cm³/mol. The Bertz CT molecular complexity index is 784. The standard InChI is InChI=1S/C17H17N3O4S/c1-4-5-12-8-11(6-7-13(12)23-2)10-18-20-17-19-16(22)14(25-17)9-15(21)24-3/h4,6-10H,1,5H2,2-3H3,(H,19,20,22)/b14-9+,18-10?. The Morgan fingerprint density at radius 2 is 2.20 bits per heavy atom. The summed E-state index contributed by atoms with van der Waals surface area (Å²) in [6.45, 7) is 3.72. The Balaban J connectivity index is 2.10. The molecule has 1 aromatic rings. The fraction of sp³-hybridized carbons (Fsp3) is 0.176. The van der Waals surface area contributed by atoms with Crippen molar-refractivity contribution in [2.75, 3.05) is 14.2 Å². The molecular weight excluding hydrogens is 342 g/mol. The van der Waals surface area contributed by atoms with E-state index in [4.69, 9.17) is 4.74 Å². The molecule has 2 rings (SSSR count). The summed E-state index contributed by atoms with van der Waals surface area (Å²) in [7, 11) is 2.85.